The van der Waals surface area contributed by atoms with E-state index in [1.807, 2.05) is 24.3 Å². The van der Waals surface area contributed by atoms with Gasteiger partial charge in [-0.25, -0.2) is 0 Å². The Morgan fingerprint density at radius 2 is 2.00 bits per heavy atom. The van der Waals surface area contributed by atoms with Gasteiger partial charge in [-0.2, -0.15) is 0 Å². The zero-order valence-corrected chi connectivity index (χ0v) is 10.1. The molecule has 1 aromatic carbocycles. The SMILES string of the molecule is C=C(CN1CCNCC1)c1ccccc1Cl. The fourth-order valence-corrected chi connectivity index (χ4v) is 2.24. The summed E-state index contributed by atoms with van der Waals surface area (Å²) >= 11 is 6.15. The molecular formula is C13H17ClN2. The molecule has 1 aliphatic rings. The highest BCUT2D eigenvalue weighted by Crippen LogP contribution is 2.22. The molecule has 2 rings (SSSR count). The van der Waals surface area contributed by atoms with Crippen molar-refractivity contribution in [2.75, 3.05) is 32.7 Å². The Labute approximate surface area is 102 Å². The van der Waals surface area contributed by atoms with Crippen LogP contribution in [-0.4, -0.2) is 37.6 Å². The number of nitrogens with one attached hydrogen (secondary N) is 1. The molecule has 0 amide bonds. The second-order valence-corrected chi connectivity index (χ2v) is 4.52. The largest absolute Gasteiger partial charge is 0.314 e. The van der Waals surface area contributed by atoms with Crippen molar-refractivity contribution >= 4 is 17.2 Å². The van der Waals surface area contributed by atoms with Crippen LogP contribution in [0.15, 0.2) is 30.8 Å². The molecule has 86 valence electrons. The second kappa shape index (κ2) is 5.48. The van der Waals surface area contributed by atoms with Gasteiger partial charge in [0.2, 0.25) is 0 Å². The van der Waals surface area contributed by atoms with Crippen molar-refractivity contribution in [1.82, 2.24) is 10.2 Å². The van der Waals surface area contributed by atoms with Crippen molar-refractivity contribution in [2.45, 2.75) is 0 Å². The summed E-state index contributed by atoms with van der Waals surface area (Å²) in [6.07, 6.45) is 0. The van der Waals surface area contributed by atoms with E-state index >= 15 is 0 Å². The molecule has 1 saturated heterocycles. The van der Waals surface area contributed by atoms with Crippen LogP contribution in [0.4, 0.5) is 0 Å². The molecule has 1 aromatic rings. The maximum absolute atomic E-state index is 6.15. The molecule has 2 nitrogen and oxygen atoms in total. The van der Waals surface area contributed by atoms with Crippen LogP contribution in [-0.2, 0) is 0 Å². The van der Waals surface area contributed by atoms with Gasteiger partial charge in [-0.15, -0.1) is 0 Å². The molecule has 16 heavy (non-hydrogen) atoms. The van der Waals surface area contributed by atoms with Gasteiger partial charge in [-0.1, -0.05) is 36.4 Å². The summed E-state index contributed by atoms with van der Waals surface area (Å²) in [7, 11) is 0. The molecular weight excluding hydrogens is 220 g/mol. The summed E-state index contributed by atoms with van der Waals surface area (Å²) in [5.74, 6) is 0. The number of hydrogen-bond acceptors (Lipinski definition) is 2. The van der Waals surface area contributed by atoms with E-state index in [1.165, 1.54) is 0 Å². The van der Waals surface area contributed by atoms with Gasteiger partial charge < -0.3 is 5.32 Å². The lowest BCUT2D eigenvalue weighted by molar-refractivity contribution is 0.268. The molecule has 1 aliphatic heterocycles. The van der Waals surface area contributed by atoms with E-state index < -0.39 is 0 Å². The molecule has 0 atom stereocenters. The van der Waals surface area contributed by atoms with E-state index in [2.05, 4.69) is 16.8 Å². The predicted octanol–water partition coefficient (Wildman–Crippen LogP) is 2.26. The smallest absolute Gasteiger partial charge is 0.0481 e. The Balaban J connectivity index is 2.00. The average molecular weight is 237 g/mol. The Kier molecular flexibility index (Phi) is 3.99. The molecule has 0 aromatic heterocycles. The van der Waals surface area contributed by atoms with Crippen molar-refractivity contribution in [3.63, 3.8) is 0 Å². The third kappa shape index (κ3) is 2.85. The summed E-state index contributed by atoms with van der Waals surface area (Å²) in [5, 5.41) is 4.14. The lowest BCUT2D eigenvalue weighted by atomic mass is 10.1. The molecule has 0 bridgehead atoms. The van der Waals surface area contributed by atoms with Crippen molar-refractivity contribution in [2.24, 2.45) is 0 Å². The minimum absolute atomic E-state index is 0.794. The number of benzene rings is 1. The quantitative estimate of drug-likeness (QED) is 0.866. The van der Waals surface area contributed by atoms with E-state index in [0.29, 0.717) is 0 Å². The Morgan fingerprint density at radius 1 is 1.31 bits per heavy atom. The van der Waals surface area contributed by atoms with Crippen molar-refractivity contribution in [3.05, 3.63) is 41.4 Å². The zero-order chi connectivity index (χ0) is 11.4. The first kappa shape index (κ1) is 11.6. The summed E-state index contributed by atoms with van der Waals surface area (Å²) in [6, 6.07) is 7.90. The van der Waals surface area contributed by atoms with Crippen LogP contribution in [0.3, 0.4) is 0 Å². The minimum atomic E-state index is 0.794. The fraction of sp³-hybridized carbons (Fsp3) is 0.385. The fourth-order valence-electron chi connectivity index (χ4n) is 1.97. The monoisotopic (exact) mass is 236 g/mol. The normalized spacial score (nSPS) is 17.3. The van der Waals surface area contributed by atoms with Gasteiger partial charge in [0, 0.05) is 37.7 Å². The lowest BCUT2D eigenvalue weighted by Crippen LogP contribution is -2.43. The molecule has 3 heteroatoms. The average Bonchev–Trinajstić information content (AvgIpc) is 2.31. The van der Waals surface area contributed by atoms with Crippen LogP contribution < -0.4 is 5.32 Å². The van der Waals surface area contributed by atoms with Crippen LogP contribution in [0.5, 0.6) is 0 Å². The van der Waals surface area contributed by atoms with Crippen LogP contribution >= 0.6 is 11.6 Å². The van der Waals surface area contributed by atoms with E-state index in [-0.39, 0.29) is 0 Å². The first-order chi connectivity index (χ1) is 7.77. The molecule has 1 fully saturated rings. The zero-order valence-electron chi connectivity index (χ0n) is 9.38. The summed E-state index contributed by atoms with van der Waals surface area (Å²) in [6.45, 7) is 9.35. The maximum Gasteiger partial charge on any atom is 0.0481 e. The molecule has 0 aliphatic carbocycles. The summed E-state index contributed by atoms with van der Waals surface area (Å²) < 4.78 is 0. The predicted molar refractivity (Wildman–Crippen MR) is 69.8 cm³/mol. The Bertz CT molecular complexity index is 370. The summed E-state index contributed by atoms with van der Waals surface area (Å²) in [5.41, 5.74) is 2.18. The number of rotatable bonds is 3. The van der Waals surface area contributed by atoms with Gasteiger partial charge in [-0.05, 0) is 17.2 Å². The minimum Gasteiger partial charge on any atom is -0.314 e. The highest BCUT2D eigenvalue weighted by Gasteiger charge is 2.12. The van der Waals surface area contributed by atoms with Gasteiger partial charge in [0.1, 0.15) is 0 Å². The van der Waals surface area contributed by atoms with Crippen molar-refractivity contribution < 1.29 is 0 Å². The highest BCUT2D eigenvalue weighted by atomic mass is 35.5. The number of piperazine rings is 1. The molecule has 1 heterocycles. The third-order valence-electron chi connectivity index (χ3n) is 2.88. The third-order valence-corrected chi connectivity index (χ3v) is 3.21. The lowest BCUT2D eigenvalue weighted by Gasteiger charge is -2.28. The molecule has 1 N–H and O–H groups in total. The first-order valence-corrected chi connectivity index (χ1v) is 6.01. The summed E-state index contributed by atoms with van der Waals surface area (Å²) in [4.78, 5) is 2.40. The first-order valence-electron chi connectivity index (χ1n) is 5.63. The van der Waals surface area contributed by atoms with Gasteiger partial charge in [0.05, 0.1) is 0 Å². The molecule has 0 saturated carbocycles. The standard InChI is InChI=1S/C13H17ClN2/c1-11(10-16-8-6-15-7-9-16)12-4-2-3-5-13(12)14/h2-5,15H,1,6-10H2. The van der Waals surface area contributed by atoms with Crippen LogP contribution in [0.25, 0.3) is 5.57 Å². The number of nitrogens with zero attached hydrogens (tertiary/aromatic N) is 1. The van der Waals surface area contributed by atoms with Crippen LogP contribution in [0.1, 0.15) is 5.56 Å². The molecule has 0 radical (unpaired) electrons. The van der Waals surface area contributed by atoms with Crippen LogP contribution in [0.2, 0.25) is 5.02 Å². The van der Waals surface area contributed by atoms with E-state index in [0.717, 1.165) is 48.9 Å². The van der Waals surface area contributed by atoms with E-state index in [1.54, 1.807) is 0 Å². The van der Waals surface area contributed by atoms with E-state index in [9.17, 15) is 0 Å². The second-order valence-electron chi connectivity index (χ2n) is 4.11. The Hall–Kier alpha value is -0.830. The number of hydrogen-bond donors (Lipinski definition) is 1. The number of halogens is 1. The maximum atomic E-state index is 6.15. The van der Waals surface area contributed by atoms with Gasteiger partial charge >= 0.3 is 0 Å². The van der Waals surface area contributed by atoms with Crippen molar-refractivity contribution in [3.8, 4) is 0 Å². The molecule has 0 unspecified atom stereocenters. The molecule has 0 spiro atoms. The van der Waals surface area contributed by atoms with E-state index in [4.69, 9.17) is 11.6 Å². The van der Waals surface area contributed by atoms with Gasteiger partial charge in [0.15, 0.2) is 0 Å². The topological polar surface area (TPSA) is 15.3 Å². The van der Waals surface area contributed by atoms with Gasteiger partial charge in [0.25, 0.3) is 0 Å². The van der Waals surface area contributed by atoms with Gasteiger partial charge in [-0.3, -0.25) is 4.90 Å². The highest BCUT2D eigenvalue weighted by molar-refractivity contribution is 6.32. The van der Waals surface area contributed by atoms with Crippen molar-refractivity contribution in [1.29, 1.82) is 0 Å². The van der Waals surface area contributed by atoms with Crippen LogP contribution in [0, 0.1) is 0 Å². The Morgan fingerprint density at radius 3 is 2.69 bits per heavy atom.